The lowest BCUT2D eigenvalue weighted by Crippen LogP contribution is -2.15. The number of aromatic hydroxyl groups is 1. The van der Waals surface area contributed by atoms with E-state index in [1.807, 2.05) is 0 Å². The number of nitrogens with zero attached hydrogens (tertiary/aromatic N) is 4. The SMILES string of the molecule is C=C(C)N=C/C(Cn1cc(COC(=O)COc2ccc(O)cc2C)nn1)=C(\C)N.CCC. The van der Waals surface area contributed by atoms with Gasteiger partial charge in [-0.05, 0) is 44.5 Å². The molecule has 0 unspecified atom stereocenters. The fourth-order valence-corrected chi connectivity index (χ4v) is 2.24. The Morgan fingerprint density at radius 2 is 2.03 bits per heavy atom. The lowest BCUT2D eigenvalue weighted by molar-refractivity contribution is -0.147. The number of carbonyl (C=O) groups is 1. The number of rotatable bonds is 9. The maximum absolute atomic E-state index is 11.9. The van der Waals surface area contributed by atoms with Gasteiger partial charge in [0, 0.05) is 23.2 Å². The number of hydrogen-bond donors (Lipinski definition) is 2. The Hall–Kier alpha value is -3.62. The highest BCUT2D eigenvalue weighted by atomic mass is 16.6. The molecule has 0 saturated carbocycles. The van der Waals surface area contributed by atoms with Gasteiger partial charge in [-0.3, -0.25) is 4.99 Å². The molecule has 2 rings (SSSR count). The van der Waals surface area contributed by atoms with Crippen LogP contribution in [0.4, 0.5) is 0 Å². The van der Waals surface area contributed by atoms with Crippen LogP contribution in [0.25, 0.3) is 0 Å². The van der Waals surface area contributed by atoms with Gasteiger partial charge in [0.05, 0.1) is 12.7 Å². The maximum Gasteiger partial charge on any atom is 0.344 e. The van der Waals surface area contributed by atoms with E-state index in [1.165, 1.54) is 12.5 Å². The zero-order chi connectivity index (χ0) is 24.1. The molecule has 9 heteroatoms. The van der Waals surface area contributed by atoms with Crippen LogP contribution in [0.3, 0.4) is 0 Å². The van der Waals surface area contributed by atoms with E-state index in [-0.39, 0.29) is 19.0 Å². The molecule has 0 atom stereocenters. The summed E-state index contributed by atoms with van der Waals surface area (Å²) < 4.78 is 12.1. The number of aromatic nitrogens is 3. The third-order valence-electron chi connectivity index (χ3n) is 3.75. The largest absolute Gasteiger partial charge is 0.508 e. The Labute approximate surface area is 189 Å². The van der Waals surface area contributed by atoms with Gasteiger partial charge in [-0.1, -0.05) is 32.1 Å². The van der Waals surface area contributed by atoms with Crippen LogP contribution < -0.4 is 10.5 Å². The molecule has 0 aliphatic heterocycles. The first-order chi connectivity index (χ1) is 15.2. The van der Waals surface area contributed by atoms with Crippen LogP contribution in [0.15, 0.2) is 52.9 Å². The topological polar surface area (TPSA) is 125 Å². The van der Waals surface area contributed by atoms with Crippen LogP contribution in [0.5, 0.6) is 11.5 Å². The minimum absolute atomic E-state index is 0.0305. The maximum atomic E-state index is 11.9. The number of hydrogen-bond acceptors (Lipinski definition) is 8. The van der Waals surface area contributed by atoms with Gasteiger partial charge in [0.25, 0.3) is 0 Å². The van der Waals surface area contributed by atoms with Crippen LogP contribution in [-0.2, 0) is 22.7 Å². The van der Waals surface area contributed by atoms with E-state index < -0.39 is 5.97 Å². The summed E-state index contributed by atoms with van der Waals surface area (Å²) in [6.45, 7) is 13.4. The standard InChI is InChI=1S/C20H25N5O4.C3H8/c1-13(2)22-8-16(15(4)21)9-25-10-17(23-24-25)11-29-20(27)12-28-19-6-5-18(26)7-14(19)3;1-3-2/h5-8,10,26H,1,9,11-12,21H2,2-4H3;3H2,1-2H3/b16-15-,22-8?;. The van der Waals surface area contributed by atoms with Crippen molar-refractivity contribution in [1.29, 1.82) is 0 Å². The van der Waals surface area contributed by atoms with E-state index in [4.69, 9.17) is 15.2 Å². The molecule has 0 bridgehead atoms. The lowest BCUT2D eigenvalue weighted by atomic mass is 10.2. The van der Waals surface area contributed by atoms with E-state index in [0.29, 0.717) is 29.4 Å². The smallest absolute Gasteiger partial charge is 0.344 e. The molecule has 32 heavy (non-hydrogen) atoms. The van der Waals surface area contributed by atoms with Crippen molar-refractivity contribution in [3.8, 4) is 11.5 Å². The van der Waals surface area contributed by atoms with Crippen molar-refractivity contribution in [2.45, 2.75) is 54.2 Å². The fourth-order valence-electron chi connectivity index (χ4n) is 2.24. The fraction of sp³-hybridized carbons (Fsp3) is 0.391. The van der Waals surface area contributed by atoms with E-state index in [9.17, 15) is 9.90 Å². The molecule has 0 radical (unpaired) electrons. The van der Waals surface area contributed by atoms with Crippen molar-refractivity contribution in [2.75, 3.05) is 6.61 Å². The highest BCUT2D eigenvalue weighted by Crippen LogP contribution is 2.22. The average molecular weight is 444 g/mol. The number of allylic oxidation sites excluding steroid dienone is 3. The molecule has 0 amide bonds. The monoisotopic (exact) mass is 443 g/mol. The molecule has 0 saturated heterocycles. The zero-order valence-corrected chi connectivity index (χ0v) is 19.5. The van der Waals surface area contributed by atoms with E-state index >= 15 is 0 Å². The number of ether oxygens (including phenoxy) is 2. The second-order valence-corrected chi connectivity index (χ2v) is 7.22. The van der Waals surface area contributed by atoms with Crippen molar-refractivity contribution < 1.29 is 19.4 Å². The highest BCUT2D eigenvalue weighted by molar-refractivity contribution is 5.80. The average Bonchev–Trinajstić information content (AvgIpc) is 3.16. The van der Waals surface area contributed by atoms with Gasteiger partial charge in [0.15, 0.2) is 6.61 Å². The first-order valence-corrected chi connectivity index (χ1v) is 10.3. The van der Waals surface area contributed by atoms with Crippen molar-refractivity contribution >= 4 is 12.2 Å². The molecule has 1 heterocycles. The lowest BCUT2D eigenvalue weighted by Gasteiger charge is -2.08. The molecule has 1 aromatic heterocycles. The number of esters is 1. The molecule has 0 aliphatic rings. The first-order valence-electron chi connectivity index (χ1n) is 10.3. The van der Waals surface area contributed by atoms with Crippen LogP contribution in [0.2, 0.25) is 0 Å². The van der Waals surface area contributed by atoms with Crippen LogP contribution in [0, 0.1) is 6.92 Å². The zero-order valence-electron chi connectivity index (χ0n) is 19.5. The van der Waals surface area contributed by atoms with Crippen LogP contribution >= 0.6 is 0 Å². The molecule has 3 N–H and O–H groups in total. The van der Waals surface area contributed by atoms with Crippen molar-refractivity contribution in [2.24, 2.45) is 10.7 Å². The minimum atomic E-state index is -0.543. The van der Waals surface area contributed by atoms with Crippen molar-refractivity contribution in [3.05, 3.63) is 59.2 Å². The summed E-state index contributed by atoms with van der Waals surface area (Å²) in [6, 6.07) is 4.62. The van der Waals surface area contributed by atoms with Gasteiger partial charge in [0.2, 0.25) is 0 Å². The molecule has 9 nitrogen and oxygen atoms in total. The highest BCUT2D eigenvalue weighted by Gasteiger charge is 2.10. The number of nitrogens with two attached hydrogens (primary N) is 1. The summed E-state index contributed by atoms with van der Waals surface area (Å²) in [5.74, 6) is 0.0897. The van der Waals surface area contributed by atoms with Gasteiger partial charge in [-0.15, -0.1) is 5.10 Å². The molecule has 1 aromatic carbocycles. The minimum Gasteiger partial charge on any atom is -0.508 e. The summed E-state index contributed by atoms with van der Waals surface area (Å²) in [4.78, 5) is 16.0. The Morgan fingerprint density at radius 3 is 2.62 bits per heavy atom. The van der Waals surface area contributed by atoms with Crippen molar-refractivity contribution in [1.82, 2.24) is 15.0 Å². The summed E-state index contributed by atoms with van der Waals surface area (Å²) in [5.41, 5.74) is 9.14. The van der Waals surface area contributed by atoms with Gasteiger partial charge < -0.3 is 20.3 Å². The summed E-state index contributed by atoms with van der Waals surface area (Å²) in [6.07, 6.45) is 4.55. The molecule has 0 aliphatic carbocycles. The van der Waals surface area contributed by atoms with Gasteiger partial charge in [-0.2, -0.15) is 0 Å². The van der Waals surface area contributed by atoms with Gasteiger partial charge >= 0.3 is 5.97 Å². The predicted octanol–water partition coefficient (Wildman–Crippen LogP) is 3.67. The third kappa shape index (κ3) is 9.92. The second kappa shape index (κ2) is 13.6. The molecule has 0 spiro atoms. The number of phenols is 1. The number of benzene rings is 1. The first kappa shape index (κ1) is 26.4. The third-order valence-corrected chi connectivity index (χ3v) is 3.75. The predicted molar refractivity (Wildman–Crippen MR) is 124 cm³/mol. The summed E-state index contributed by atoms with van der Waals surface area (Å²) in [5, 5.41) is 17.4. The summed E-state index contributed by atoms with van der Waals surface area (Å²) in [7, 11) is 0. The number of aliphatic imine (C=N–C) groups is 1. The Kier molecular flexibility index (Phi) is 11.3. The van der Waals surface area contributed by atoms with Crippen LogP contribution in [-0.4, -0.2) is 38.9 Å². The molecular formula is C23H33N5O4. The Balaban J connectivity index is 0.00000161. The molecule has 2 aromatic rings. The van der Waals surface area contributed by atoms with Crippen LogP contribution in [0.1, 0.15) is 45.4 Å². The number of carbonyl (C=O) groups excluding carboxylic acids is 1. The van der Waals surface area contributed by atoms with Gasteiger partial charge in [0.1, 0.15) is 23.8 Å². The van der Waals surface area contributed by atoms with Crippen molar-refractivity contribution in [3.63, 3.8) is 0 Å². The number of phenolic OH excluding ortho intramolecular Hbond substituents is 1. The quantitative estimate of drug-likeness (QED) is 0.447. The van der Waals surface area contributed by atoms with E-state index in [2.05, 4.69) is 35.7 Å². The van der Waals surface area contributed by atoms with E-state index in [0.717, 1.165) is 11.1 Å². The van der Waals surface area contributed by atoms with E-state index in [1.54, 1.807) is 50.0 Å². The summed E-state index contributed by atoms with van der Waals surface area (Å²) >= 11 is 0. The number of aryl methyl sites for hydroxylation is 1. The normalized spacial score (nSPS) is 11.4. The Morgan fingerprint density at radius 1 is 1.34 bits per heavy atom. The molecule has 0 fully saturated rings. The Bertz CT molecular complexity index is 959. The van der Waals surface area contributed by atoms with Gasteiger partial charge in [-0.25, -0.2) is 9.48 Å². The second-order valence-electron chi connectivity index (χ2n) is 7.22. The molecular weight excluding hydrogens is 410 g/mol. The molecule has 174 valence electrons.